The number of aliphatic carboxylic acids is 1. The maximum absolute atomic E-state index is 10.5. The standard InChI is InChI=1S/C13H17N3O2S/c1-15(7-11-3-5-19-10-11)8-12-6-14-16(9-12)4-2-13(17)18/h3,5-6,9-10H,2,4,7-8H2,1H3,(H,17,18). The first kappa shape index (κ1) is 13.8. The molecule has 0 aliphatic heterocycles. The molecule has 0 aliphatic carbocycles. The smallest absolute Gasteiger partial charge is 0.305 e. The number of hydrogen-bond donors (Lipinski definition) is 1. The van der Waals surface area contributed by atoms with Gasteiger partial charge in [-0.2, -0.15) is 16.4 Å². The van der Waals surface area contributed by atoms with E-state index in [1.165, 1.54) is 5.56 Å². The van der Waals surface area contributed by atoms with E-state index in [9.17, 15) is 4.79 Å². The molecule has 0 unspecified atom stereocenters. The Morgan fingerprint density at radius 1 is 1.47 bits per heavy atom. The summed E-state index contributed by atoms with van der Waals surface area (Å²) in [7, 11) is 2.06. The van der Waals surface area contributed by atoms with Crippen molar-refractivity contribution in [1.82, 2.24) is 14.7 Å². The average Bonchev–Trinajstić information content (AvgIpc) is 2.98. The summed E-state index contributed by atoms with van der Waals surface area (Å²) in [5.41, 5.74) is 2.41. The van der Waals surface area contributed by atoms with E-state index >= 15 is 0 Å². The van der Waals surface area contributed by atoms with Crippen LogP contribution in [0.2, 0.25) is 0 Å². The number of aryl methyl sites for hydroxylation is 1. The van der Waals surface area contributed by atoms with Gasteiger partial charge in [-0.05, 0) is 29.4 Å². The van der Waals surface area contributed by atoms with E-state index in [0.29, 0.717) is 6.54 Å². The van der Waals surface area contributed by atoms with E-state index in [0.717, 1.165) is 18.7 Å². The van der Waals surface area contributed by atoms with Gasteiger partial charge in [-0.15, -0.1) is 0 Å². The fourth-order valence-corrected chi connectivity index (χ4v) is 2.54. The highest BCUT2D eigenvalue weighted by Gasteiger charge is 2.05. The van der Waals surface area contributed by atoms with Crippen LogP contribution in [0.25, 0.3) is 0 Å². The molecule has 0 amide bonds. The molecule has 0 radical (unpaired) electrons. The summed E-state index contributed by atoms with van der Waals surface area (Å²) in [4.78, 5) is 12.7. The highest BCUT2D eigenvalue weighted by molar-refractivity contribution is 7.07. The topological polar surface area (TPSA) is 58.4 Å². The monoisotopic (exact) mass is 279 g/mol. The van der Waals surface area contributed by atoms with Crippen molar-refractivity contribution in [3.05, 3.63) is 40.3 Å². The molecule has 0 saturated carbocycles. The Morgan fingerprint density at radius 3 is 2.95 bits per heavy atom. The zero-order valence-corrected chi connectivity index (χ0v) is 11.6. The van der Waals surface area contributed by atoms with Crippen molar-refractivity contribution in [2.24, 2.45) is 0 Å². The van der Waals surface area contributed by atoms with Crippen LogP contribution in [0.3, 0.4) is 0 Å². The van der Waals surface area contributed by atoms with Crippen LogP contribution < -0.4 is 0 Å². The Labute approximate surface area is 116 Å². The first-order chi connectivity index (χ1) is 9.13. The predicted molar refractivity (Wildman–Crippen MR) is 74.0 cm³/mol. The largest absolute Gasteiger partial charge is 0.481 e. The van der Waals surface area contributed by atoms with Crippen LogP contribution in [0.4, 0.5) is 0 Å². The molecular formula is C13H17N3O2S. The van der Waals surface area contributed by atoms with Gasteiger partial charge in [-0.1, -0.05) is 0 Å². The SMILES string of the molecule is CN(Cc1ccsc1)Cc1cnn(CCC(=O)O)c1. The Morgan fingerprint density at radius 2 is 2.26 bits per heavy atom. The summed E-state index contributed by atoms with van der Waals surface area (Å²) in [5.74, 6) is -0.799. The fraction of sp³-hybridized carbons (Fsp3) is 0.385. The number of carbonyl (C=O) groups is 1. The van der Waals surface area contributed by atoms with Gasteiger partial charge in [0, 0.05) is 24.8 Å². The minimum absolute atomic E-state index is 0.103. The number of aromatic nitrogens is 2. The molecule has 5 nitrogen and oxygen atoms in total. The van der Waals surface area contributed by atoms with Crippen LogP contribution in [0, 0.1) is 0 Å². The molecule has 0 fully saturated rings. The van der Waals surface area contributed by atoms with Gasteiger partial charge in [0.1, 0.15) is 0 Å². The van der Waals surface area contributed by atoms with E-state index in [2.05, 4.69) is 33.9 Å². The summed E-state index contributed by atoms with van der Waals surface area (Å²) < 4.78 is 1.68. The van der Waals surface area contributed by atoms with E-state index in [1.807, 2.05) is 6.20 Å². The predicted octanol–water partition coefficient (Wildman–Crippen LogP) is 2.05. The zero-order valence-electron chi connectivity index (χ0n) is 10.8. The molecule has 0 atom stereocenters. The number of thiophene rings is 1. The lowest BCUT2D eigenvalue weighted by Crippen LogP contribution is -2.16. The van der Waals surface area contributed by atoms with Crippen molar-refractivity contribution < 1.29 is 9.90 Å². The molecule has 2 rings (SSSR count). The molecule has 102 valence electrons. The fourth-order valence-electron chi connectivity index (χ4n) is 1.88. The Bertz CT molecular complexity index is 522. The van der Waals surface area contributed by atoms with Gasteiger partial charge in [-0.25, -0.2) is 0 Å². The minimum Gasteiger partial charge on any atom is -0.481 e. The second-order valence-electron chi connectivity index (χ2n) is 4.56. The van der Waals surface area contributed by atoms with Crippen molar-refractivity contribution in [1.29, 1.82) is 0 Å². The summed E-state index contributed by atoms with van der Waals surface area (Å²) >= 11 is 1.70. The van der Waals surface area contributed by atoms with E-state index in [4.69, 9.17) is 5.11 Å². The van der Waals surface area contributed by atoms with Crippen LogP contribution in [0.15, 0.2) is 29.2 Å². The second kappa shape index (κ2) is 6.49. The summed E-state index contributed by atoms with van der Waals surface area (Å²) in [6, 6.07) is 2.12. The molecule has 2 heterocycles. The number of nitrogens with zero attached hydrogens (tertiary/aromatic N) is 3. The van der Waals surface area contributed by atoms with Crippen LogP contribution in [0.1, 0.15) is 17.5 Å². The van der Waals surface area contributed by atoms with Gasteiger partial charge >= 0.3 is 5.97 Å². The Kier molecular flexibility index (Phi) is 4.70. The van der Waals surface area contributed by atoms with Gasteiger partial charge in [-0.3, -0.25) is 14.4 Å². The number of hydrogen-bond acceptors (Lipinski definition) is 4. The molecule has 1 N–H and O–H groups in total. The van der Waals surface area contributed by atoms with E-state index in [-0.39, 0.29) is 6.42 Å². The van der Waals surface area contributed by atoms with Crippen LogP contribution in [0.5, 0.6) is 0 Å². The highest BCUT2D eigenvalue weighted by Crippen LogP contribution is 2.10. The normalized spacial score (nSPS) is 11.1. The molecule has 0 bridgehead atoms. The molecule has 2 aromatic rings. The second-order valence-corrected chi connectivity index (χ2v) is 5.34. The van der Waals surface area contributed by atoms with Crippen molar-refractivity contribution >= 4 is 17.3 Å². The van der Waals surface area contributed by atoms with Gasteiger partial charge in [0.25, 0.3) is 0 Å². The third kappa shape index (κ3) is 4.50. The molecule has 0 aliphatic rings. The molecule has 2 aromatic heterocycles. The first-order valence-corrected chi connectivity index (χ1v) is 7.00. The minimum atomic E-state index is -0.799. The lowest BCUT2D eigenvalue weighted by Gasteiger charge is -2.14. The van der Waals surface area contributed by atoms with Crippen LogP contribution in [-0.4, -0.2) is 32.8 Å². The third-order valence-electron chi connectivity index (χ3n) is 2.73. The maximum atomic E-state index is 10.5. The first-order valence-electron chi connectivity index (χ1n) is 6.06. The number of rotatable bonds is 7. The number of carboxylic acids is 1. The Hall–Kier alpha value is -1.66. The van der Waals surface area contributed by atoms with E-state index in [1.54, 1.807) is 22.2 Å². The van der Waals surface area contributed by atoms with Crippen molar-refractivity contribution in [2.75, 3.05) is 7.05 Å². The zero-order chi connectivity index (χ0) is 13.7. The average molecular weight is 279 g/mol. The third-order valence-corrected chi connectivity index (χ3v) is 3.46. The molecule has 0 aromatic carbocycles. The summed E-state index contributed by atoms with van der Waals surface area (Å²) in [5, 5.41) is 17.0. The van der Waals surface area contributed by atoms with Gasteiger partial charge in [0.15, 0.2) is 0 Å². The van der Waals surface area contributed by atoms with Gasteiger partial charge in [0.05, 0.1) is 19.2 Å². The van der Waals surface area contributed by atoms with Crippen molar-refractivity contribution in [3.8, 4) is 0 Å². The van der Waals surface area contributed by atoms with Crippen LogP contribution in [-0.2, 0) is 24.4 Å². The lowest BCUT2D eigenvalue weighted by molar-refractivity contribution is -0.137. The number of carboxylic acid groups (broad SMARTS) is 1. The summed E-state index contributed by atoms with van der Waals surface area (Å²) in [6.45, 7) is 2.14. The molecule has 0 spiro atoms. The quantitative estimate of drug-likeness (QED) is 0.842. The van der Waals surface area contributed by atoms with Crippen molar-refractivity contribution in [2.45, 2.75) is 26.1 Å². The van der Waals surface area contributed by atoms with E-state index < -0.39 is 5.97 Å². The Balaban J connectivity index is 1.83. The molecule has 19 heavy (non-hydrogen) atoms. The van der Waals surface area contributed by atoms with Crippen LogP contribution >= 0.6 is 11.3 Å². The lowest BCUT2D eigenvalue weighted by atomic mass is 10.3. The van der Waals surface area contributed by atoms with Crippen molar-refractivity contribution in [3.63, 3.8) is 0 Å². The molecule has 6 heteroatoms. The van der Waals surface area contributed by atoms with Gasteiger partial charge in [0.2, 0.25) is 0 Å². The molecular weight excluding hydrogens is 262 g/mol. The van der Waals surface area contributed by atoms with Gasteiger partial charge < -0.3 is 5.11 Å². The maximum Gasteiger partial charge on any atom is 0.305 e. The summed E-state index contributed by atoms with van der Waals surface area (Å²) in [6.07, 6.45) is 3.81. The highest BCUT2D eigenvalue weighted by atomic mass is 32.1. The molecule has 0 saturated heterocycles.